The second-order valence-corrected chi connectivity index (χ2v) is 8.54. The number of anilines is 1. The number of hydrogen-bond donors (Lipinski definition) is 1. The van der Waals surface area contributed by atoms with Gasteiger partial charge in [-0.15, -0.1) is 13.2 Å². The zero-order valence-corrected chi connectivity index (χ0v) is 19.2. The minimum Gasteiger partial charge on any atom is -0.457 e. The largest absolute Gasteiger partial charge is 0.573 e. The second-order valence-electron chi connectivity index (χ2n) is 8.54. The molecule has 1 aliphatic carbocycles. The Kier molecular flexibility index (Phi) is 7.23. The number of amides is 1. The molecule has 0 bridgehead atoms. The van der Waals surface area contributed by atoms with E-state index in [1.165, 1.54) is 12.3 Å². The maximum atomic E-state index is 13.6. The molecule has 0 spiro atoms. The molecule has 6 nitrogen and oxygen atoms in total. The quantitative estimate of drug-likeness (QED) is 0.368. The molecular formula is C26H22F4N2O4. The van der Waals surface area contributed by atoms with Gasteiger partial charge in [-0.05, 0) is 66.8 Å². The van der Waals surface area contributed by atoms with Crippen LogP contribution in [0.3, 0.4) is 0 Å². The predicted octanol–water partition coefficient (Wildman–Crippen LogP) is 5.92. The molecule has 3 aromatic rings. The topological polar surface area (TPSA) is 77.5 Å². The third kappa shape index (κ3) is 7.03. The molecule has 1 aromatic heterocycles. The summed E-state index contributed by atoms with van der Waals surface area (Å²) >= 11 is 0. The molecule has 188 valence electrons. The maximum absolute atomic E-state index is 13.6. The van der Waals surface area contributed by atoms with Crippen LogP contribution in [0.1, 0.15) is 29.5 Å². The molecule has 0 aliphatic heterocycles. The van der Waals surface area contributed by atoms with Gasteiger partial charge in [0, 0.05) is 31.0 Å². The number of nitrogens with zero attached hydrogens (tertiary/aromatic N) is 1. The third-order valence-corrected chi connectivity index (χ3v) is 5.49. The monoisotopic (exact) mass is 502 g/mol. The summed E-state index contributed by atoms with van der Waals surface area (Å²) in [6, 6.07) is 11.4. The van der Waals surface area contributed by atoms with E-state index in [1.807, 2.05) is 0 Å². The molecule has 0 radical (unpaired) electrons. The van der Waals surface area contributed by atoms with Gasteiger partial charge in [0.2, 0.25) is 5.91 Å². The molecule has 2 aromatic carbocycles. The summed E-state index contributed by atoms with van der Waals surface area (Å²) in [4.78, 5) is 28.6. The number of benzene rings is 2. The summed E-state index contributed by atoms with van der Waals surface area (Å²) in [5.41, 5.74) is 1.70. The number of pyridine rings is 1. The zero-order chi connectivity index (χ0) is 25.9. The summed E-state index contributed by atoms with van der Waals surface area (Å²) < 4.78 is 60.4. The first-order valence-electron chi connectivity index (χ1n) is 11.2. The number of carbonyl (C=O) groups excluding carboxylic acids is 2. The van der Waals surface area contributed by atoms with Crippen LogP contribution in [0.25, 0.3) is 0 Å². The number of ether oxygens (including phenoxy) is 2. The number of Topliss-reactive ketones (excluding diaryl/α,β-unsaturated/α-hetero) is 1. The van der Waals surface area contributed by atoms with Gasteiger partial charge in [0.05, 0.1) is 0 Å². The molecule has 36 heavy (non-hydrogen) atoms. The Labute approximate surface area is 204 Å². The van der Waals surface area contributed by atoms with Crippen molar-refractivity contribution in [1.82, 2.24) is 4.98 Å². The van der Waals surface area contributed by atoms with Gasteiger partial charge < -0.3 is 14.8 Å². The van der Waals surface area contributed by atoms with E-state index < -0.39 is 17.9 Å². The van der Waals surface area contributed by atoms with Crippen LogP contribution >= 0.6 is 0 Å². The van der Waals surface area contributed by atoms with Crippen LogP contribution in [-0.2, 0) is 22.4 Å². The van der Waals surface area contributed by atoms with Crippen LogP contribution in [0.2, 0.25) is 0 Å². The van der Waals surface area contributed by atoms with E-state index in [2.05, 4.69) is 15.0 Å². The first-order chi connectivity index (χ1) is 17.1. The molecule has 0 atom stereocenters. The normalized spacial score (nSPS) is 13.2. The number of nitrogens with one attached hydrogen (secondary N) is 1. The van der Waals surface area contributed by atoms with E-state index in [1.54, 1.807) is 37.3 Å². The number of aromatic nitrogens is 1. The molecule has 0 saturated heterocycles. The van der Waals surface area contributed by atoms with E-state index in [0.29, 0.717) is 22.9 Å². The van der Waals surface area contributed by atoms with Crippen molar-refractivity contribution in [2.45, 2.75) is 39.0 Å². The summed E-state index contributed by atoms with van der Waals surface area (Å²) in [7, 11) is 0. The molecule has 0 unspecified atom stereocenters. The van der Waals surface area contributed by atoms with Crippen molar-refractivity contribution in [3.8, 4) is 17.2 Å². The average Bonchev–Trinajstić information content (AvgIpc) is 3.63. The molecule has 1 N–H and O–H groups in total. The highest BCUT2D eigenvalue weighted by molar-refractivity contribution is 5.93. The van der Waals surface area contributed by atoms with Gasteiger partial charge in [-0.2, -0.15) is 0 Å². The van der Waals surface area contributed by atoms with Crippen LogP contribution in [0, 0.1) is 18.7 Å². The Balaban J connectivity index is 1.37. The van der Waals surface area contributed by atoms with Crippen LogP contribution < -0.4 is 14.8 Å². The molecule has 1 heterocycles. The van der Waals surface area contributed by atoms with Gasteiger partial charge in [0.1, 0.15) is 23.1 Å². The van der Waals surface area contributed by atoms with Crippen molar-refractivity contribution in [2.24, 2.45) is 5.92 Å². The lowest BCUT2D eigenvalue weighted by Crippen LogP contribution is -2.18. The fraction of sp³-hybridized carbons (Fsp3) is 0.269. The molecule has 10 heteroatoms. The molecule has 1 amide bonds. The number of ketones is 1. The van der Waals surface area contributed by atoms with Gasteiger partial charge in [-0.1, -0.05) is 12.1 Å². The first kappa shape index (κ1) is 25.2. The Morgan fingerprint density at radius 1 is 1.03 bits per heavy atom. The Hall–Kier alpha value is -3.95. The fourth-order valence-corrected chi connectivity index (χ4v) is 3.55. The van der Waals surface area contributed by atoms with Crippen LogP contribution in [0.5, 0.6) is 17.2 Å². The highest BCUT2D eigenvalue weighted by Crippen LogP contribution is 2.31. The minimum atomic E-state index is -5.03. The Bertz CT molecular complexity index is 1290. The number of aryl methyl sites for hydroxylation is 1. The number of halogens is 4. The highest BCUT2D eigenvalue weighted by Gasteiger charge is 2.32. The van der Waals surface area contributed by atoms with Gasteiger partial charge in [0.15, 0.2) is 11.6 Å². The summed E-state index contributed by atoms with van der Waals surface area (Å²) in [6.45, 7) is 1.80. The standard InChI is InChI=1S/C26H22F4N2O4/c1-15-10-20(35-21-8-9-31-24(14-21)32-25(34)17-3-4-17)6-5-18(15)13-19(33)11-16-2-7-22(27)23(12-16)36-26(28,29)30/h2,5-10,12,14,17H,3-4,11,13H2,1H3,(H,31,32,34). The lowest BCUT2D eigenvalue weighted by atomic mass is 9.99. The van der Waals surface area contributed by atoms with Crippen molar-refractivity contribution in [3.05, 3.63) is 77.2 Å². The van der Waals surface area contributed by atoms with Gasteiger partial charge in [0.25, 0.3) is 0 Å². The zero-order valence-electron chi connectivity index (χ0n) is 19.2. The SMILES string of the molecule is Cc1cc(Oc2ccnc(NC(=O)C3CC3)c2)ccc1CC(=O)Cc1ccc(F)c(OC(F)(F)F)c1. The van der Waals surface area contributed by atoms with Gasteiger partial charge >= 0.3 is 6.36 Å². The number of hydrogen-bond acceptors (Lipinski definition) is 5. The second kappa shape index (κ2) is 10.3. The van der Waals surface area contributed by atoms with E-state index in [9.17, 15) is 27.2 Å². The lowest BCUT2D eigenvalue weighted by molar-refractivity contribution is -0.275. The van der Waals surface area contributed by atoms with Crippen molar-refractivity contribution >= 4 is 17.5 Å². The molecule has 1 saturated carbocycles. The van der Waals surface area contributed by atoms with Gasteiger partial charge in [-0.3, -0.25) is 9.59 Å². The maximum Gasteiger partial charge on any atom is 0.573 e. The van der Waals surface area contributed by atoms with E-state index in [-0.39, 0.29) is 36.0 Å². The smallest absolute Gasteiger partial charge is 0.457 e. The Morgan fingerprint density at radius 3 is 2.47 bits per heavy atom. The minimum absolute atomic E-state index is 0.0333. The van der Waals surface area contributed by atoms with Crippen LogP contribution in [0.4, 0.5) is 23.4 Å². The number of carbonyl (C=O) groups is 2. The number of rotatable bonds is 9. The molecule has 1 fully saturated rings. The first-order valence-corrected chi connectivity index (χ1v) is 11.2. The average molecular weight is 502 g/mol. The summed E-state index contributed by atoms with van der Waals surface area (Å²) in [6.07, 6.45) is -1.89. The predicted molar refractivity (Wildman–Crippen MR) is 122 cm³/mol. The summed E-state index contributed by atoms with van der Waals surface area (Å²) in [5, 5.41) is 2.76. The highest BCUT2D eigenvalue weighted by atomic mass is 19.4. The molecular weight excluding hydrogens is 480 g/mol. The van der Waals surface area contributed by atoms with Crippen LogP contribution in [0.15, 0.2) is 54.7 Å². The fourth-order valence-electron chi connectivity index (χ4n) is 3.55. The Morgan fingerprint density at radius 2 is 1.78 bits per heavy atom. The number of alkyl halides is 3. The van der Waals surface area contributed by atoms with Crippen molar-refractivity contribution < 1.29 is 36.6 Å². The van der Waals surface area contributed by atoms with Crippen molar-refractivity contribution in [3.63, 3.8) is 0 Å². The van der Waals surface area contributed by atoms with Gasteiger partial charge in [-0.25, -0.2) is 9.37 Å². The lowest BCUT2D eigenvalue weighted by Gasteiger charge is -2.12. The molecule has 1 aliphatic rings. The van der Waals surface area contributed by atoms with E-state index in [0.717, 1.165) is 30.5 Å². The summed E-state index contributed by atoms with van der Waals surface area (Å²) in [5.74, 6) is -1.02. The van der Waals surface area contributed by atoms with E-state index >= 15 is 0 Å². The molecule has 4 rings (SSSR count). The van der Waals surface area contributed by atoms with Crippen LogP contribution in [-0.4, -0.2) is 23.0 Å². The van der Waals surface area contributed by atoms with E-state index in [4.69, 9.17) is 4.74 Å². The van der Waals surface area contributed by atoms with Crippen molar-refractivity contribution in [2.75, 3.05) is 5.32 Å². The third-order valence-electron chi connectivity index (χ3n) is 5.49. The van der Waals surface area contributed by atoms with Crippen molar-refractivity contribution in [1.29, 1.82) is 0 Å².